The lowest BCUT2D eigenvalue weighted by Gasteiger charge is -2.25. The fourth-order valence-electron chi connectivity index (χ4n) is 1.96. The van der Waals surface area contributed by atoms with Crippen LogP contribution >= 0.6 is 11.5 Å². The monoisotopic (exact) mass is 256 g/mol. The Bertz CT molecular complexity index is 409. The summed E-state index contributed by atoms with van der Waals surface area (Å²) in [5.74, 6) is -0.107. The van der Waals surface area contributed by atoms with Crippen molar-refractivity contribution in [1.82, 2.24) is 19.8 Å². The molecule has 94 valence electrons. The van der Waals surface area contributed by atoms with E-state index in [-0.39, 0.29) is 11.9 Å². The zero-order valence-corrected chi connectivity index (χ0v) is 10.7. The van der Waals surface area contributed by atoms with Gasteiger partial charge in [-0.1, -0.05) is 11.4 Å². The van der Waals surface area contributed by atoms with E-state index in [0.717, 1.165) is 17.2 Å². The number of β-amino-alcohol motifs (C(OH)–C–C–N with tert-alkyl or cyclic N) is 1. The van der Waals surface area contributed by atoms with Crippen LogP contribution in [0.5, 0.6) is 0 Å². The maximum Gasteiger partial charge on any atom is 0.267 e. The molecule has 6 nitrogen and oxygen atoms in total. The lowest BCUT2D eigenvalue weighted by Crippen LogP contribution is -2.44. The van der Waals surface area contributed by atoms with Crippen LogP contribution in [0.4, 0.5) is 0 Å². The van der Waals surface area contributed by atoms with Crippen molar-refractivity contribution in [1.29, 1.82) is 0 Å². The van der Waals surface area contributed by atoms with Gasteiger partial charge in [0.2, 0.25) is 0 Å². The third-order valence-corrected chi connectivity index (χ3v) is 3.81. The van der Waals surface area contributed by atoms with E-state index in [9.17, 15) is 9.90 Å². The average molecular weight is 256 g/mol. The summed E-state index contributed by atoms with van der Waals surface area (Å²) >= 11 is 1.12. The quantitative estimate of drug-likeness (QED) is 0.762. The number of hydrogen-bond acceptors (Lipinski definition) is 6. The van der Waals surface area contributed by atoms with Gasteiger partial charge in [-0.15, -0.1) is 5.10 Å². The third kappa shape index (κ3) is 2.31. The Labute approximate surface area is 104 Å². The van der Waals surface area contributed by atoms with Crippen molar-refractivity contribution in [2.45, 2.75) is 25.5 Å². The summed E-state index contributed by atoms with van der Waals surface area (Å²) < 4.78 is 3.81. The first-order valence-electron chi connectivity index (χ1n) is 5.62. The lowest BCUT2D eigenvalue weighted by atomic mass is 10.1. The minimum absolute atomic E-state index is 0.107. The highest BCUT2D eigenvalue weighted by Crippen LogP contribution is 2.17. The first-order valence-corrected chi connectivity index (χ1v) is 6.39. The van der Waals surface area contributed by atoms with Crippen LogP contribution in [-0.4, -0.2) is 57.8 Å². The normalized spacial score (nSPS) is 23.9. The van der Waals surface area contributed by atoms with Gasteiger partial charge in [0.1, 0.15) is 4.88 Å². The number of carbonyl (C=O) groups excluding carboxylic acids is 1. The molecular formula is C10H16N4O2S. The zero-order chi connectivity index (χ0) is 12.4. The third-order valence-electron chi connectivity index (χ3n) is 3.05. The molecule has 2 N–H and O–H groups in total. The van der Waals surface area contributed by atoms with Crippen molar-refractivity contribution in [3.8, 4) is 0 Å². The van der Waals surface area contributed by atoms with E-state index in [4.69, 9.17) is 0 Å². The minimum atomic E-state index is -0.505. The van der Waals surface area contributed by atoms with Crippen molar-refractivity contribution < 1.29 is 9.90 Å². The number of aliphatic hydroxyl groups is 1. The molecule has 1 aliphatic heterocycles. The Morgan fingerprint density at radius 2 is 2.41 bits per heavy atom. The largest absolute Gasteiger partial charge is 0.390 e. The molecule has 2 atom stereocenters. The number of aliphatic hydroxyl groups excluding tert-OH is 1. The van der Waals surface area contributed by atoms with Crippen molar-refractivity contribution in [3.63, 3.8) is 0 Å². The molecule has 0 aliphatic carbocycles. The molecule has 0 bridgehead atoms. The first kappa shape index (κ1) is 12.4. The molecule has 1 aromatic rings. The van der Waals surface area contributed by atoms with Gasteiger partial charge in [-0.05, 0) is 18.0 Å². The molecule has 0 saturated carbocycles. The van der Waals surface area contributed by atoms with Gasteiger partial charge in [-0.2, -0.15) is 0 Å². The van der Waals surface area contributed by atoms with E-state index in [1.54, 1.807) is 11.9 Å². The zero-order valence-electron chi connectivity index (χ0n) is 9.88. The molecule has 1 aliphatic rings. The molecule has 0 radical (unpaired) electrons. The fourth-order valence-corrected chi connectivity index (χ4v) is 2.69. The second-order valence-corrected chi connectivity index (χ2v) is 4.87. The highest BCUT2D eigenvalue weighted by atomic mass is 32.1. The molecule has 1 fully saturated rings. The van der Waals surface area contributed by atoms with Crippen LogP contribution in [0.15, 0.2) is 0 Å². The molecule has 17 heavy (non-hydrogen) atoms. The maximum atomic E-state index is 12.2. The summed E-state index contributed by atoms with van der Waals surface area (Å²) in [6, 6.07) is -0.172. The van der Waals surface area contributed by atoms with Gasteiger partial charge in [-0.3, -0.25) is 4.79 Å². The Morgan fingerprint density at radius 1 is 1.65 bits per heavy atom. The summed E-state index contributed by atoms with van der Waals surface area (Å²) in [5.41, 5.74) is 0.729. The first-order chi connectivity index (χ1) is 8.15. The highest BCUT2D eigenvalue weighted by Gasteiger charge is 2.32. The number of nitrogens with one attached hydrogen (secondary N) is 1. The van der Waals surface area contributed by atoms with Gasteiger partial charge >= 0.3 is 0 Å². The van der Waals surface area contributed by atoms with Gasteiger partial charge in [-0.25, -0.2) is 0 Å². The number of aryl methyl sites for hydroxylation is 1. The number of likely N-dealkylation sites (N-methyl/N-ethyl adjacent to an activating group) is 1. The van der Waals surface area contributed by atoms with Crippen molar-refractivity contribution in [2.75, 3.05) is 20.1 Å². The number of amides is 1. The summed E-state index contributed by atoms with van der Waals surface area (Å²) in [7, 11) is 1.71. The molecular weight excluding hydrogens is 240 g/mol. The summed E-state index contributed by atoms with van der Waals surface area (Å²) in [6.45, 7) is 3.10. The summed E-state index contributed by atoms with van der Waals surface area (Å²) in [5, 5.41) is 16.7. The van der Waals surface area contributed by atoms with Crippen molar-refractivity contribution in [3.05, 3.63) is 10.6 Å². The Kier molecular flexibility index (Phi) is 3.70. The van der Waals surface area contributed by atoms with Crippen molar-refractivity contribution in [2.24, 2.45) is 0 Å². The topological polar surface area (TPSA) is 78.4 Å². The predicted molar refractivity (Wildman–Crippen MR) is 64.0 cm³/mol. The predicted octanol–water partition coefficient (Wildman–Crippen LogP) is -0.495. The van der Waals surface area contributed by atoms with Crippen LogP contribution in [0.3, 0.4) is 0 Å². The Hall–Kier alpha value is -1.05. The second kappa shape index (κ2) is 5.07. The van der Waals surface area contributed by atoms with Gasteiger partial charge in [0.25, 0.3) is 5.91 Å². The molecule has 1 amide bonds. The summed E-state index contributed by atoms with van der Waals surface area (Å²) in [4.78, 5) is 14.4. The molecule has 1 saturated heterocycles. The number of hydrogen-bond donors (Lipinski definition) is 2. The SMILES string of the molecule is CCc1nnsc1C(=O)N(C)[C@@H]1CNC[C@H]1O. The number of rotatable bonds is 3. The Balaban J connectivity index is 2.14. The molecule has 2 heterocycles. The van der Waals surface area contributed by atoms with Gasteiger partial charge in [0, 0.05) is 20.1 Å². The lowest BCUT2D eigenvalue weighted by molar-refractivity contribution is 0.0584. The molecule has 2 rings (SSSR count). The van der Waals surface area contributed by atoms with Gasteiger partial charge < -0.3 is 15.3 Å². The van der Waals surface area contributed by atoms with Crippen LogP contribution in [0.1, 0.15) is 22.3 Å². The minimum Gasteiger partial charge on any atom is -0.390 e. The van der Waals surface area contributed by atoms with Crippen LogP contribution < -0.4 is 5.32 Å². The van der Waals surface area contributed by atoms with Gasteiger partial charge in [0.05, 0.1) is 17.8 Å². The van der Waals surface area contributed by atoms with E-state index in [1.165, 1.54) is 0 Å². The van der Waals surface area contributed by atoms with Gasteiger partial charge in [0.15, 0.2) is 0 Å². The van der Waals surface area contributed by atoms with Crippen LogP contribution in [0.25, 0.3) is 0 Å². The fraction of sp³-hybridized carbons (Fsp3) is 0.700. The van der Waals surface area contributed by atoms with E-state index >= 15 is 0 Å². The molecule has 7 heteroatoms. The second-order valence-electron chi connectivity index (χ2n) is 4.11. The Morgan fingerprint density at radius 3 is 3.00 bits per heavy atom. The van der Waals surface area contributed by atoms with Crippen molar-refractivity contribution >= 4 is 17.4 Å². The van der Waals surface area contributed by atoms with Crippen LogP contribution in [0, 0.1) is 0 Å². The van der Waals surface area contributed by atoms with E-state index in [1.807, 2.05) is 6.92 Å². The van der Waals surface area contributed by atoms with Crippen LogP contribution in [-0.2, 0) is 6.42 Å². The highest BCUT2D eigenvalue weighted by molar-refractivity contribution is 7.08. The molecule has 0 unspecified atom stereocenters. The number of carbonyl (C=O) groups is 1. The molecule has 1 aromatic heterocycles. The van der Waals surface area contributed by atoms with E-state index in [2.05, 4.69) is 14.9 Å². The average Bonchev–Trinajstić information content (AvgIpc) is 2.95. The van der Waals surface area contributed by atoms with E-state index in [0.29, 0.717) is 24.4 Å². The smallest absolute Gasteiger partial charge is 0.267 e. The number of aromatic nitrogens is 2. The standard InChI is InChI=1S/C10H16N4O2S/c1-3-6-9(17-13-12-6)10(16)14(2)7-4-11-5-8(7)15/h7-8,11,15H,3-5H2,1-2H3/t7-,8-/m1/s1. The maximum absolute atomic E-state index is 12.2. The number of nitrogens with zero attached hydrogens (tertiary/aromatic N) is 3. The van der Waals surface area contributed by atoms with Crippen LogP contribution in [0.2, 0.25) is 0 Å². The van der Waals surface area contributed by atoms with E-state index < -0.39 is 6.10 Å². The molecule has 0 aromatic carbocycles. The molecule has 0 spiro atoms. The summed E-state index contributed by atoms with van der Waals surface area (Å²) in [6.07, 6.45) is 0.187.